The molecule has 1 N–H and O–H groups in total. The third kappa shape index (κ3) is 1.40. The highest BCUT2D eigenvalue weighted by molar-refractivity contribution is 5.12. The maximum absolute atomic E-state index is 11.3. The van der Waals surface area contributed by atoms with E-state index in [-0.39, 0.29) is 5.56 Å². The van der Waals surface area contributed by atoms with Gasteiger partial charge in [0.15, 0.2) is 0 Å². The Kier molecular flexibility index (Phi) is 2.34. The summed E-state index contributed by atoms with van der Waals surface area (Å²) in [6.07, 6.45) is 0.360. The van der Waals surface area contributed by atoms with E-state index in [0.717, 1.165) is 11.3 Å². The van der Waals surface area contributed by atoms with Gasteiger partial charge in [0, 0.05) is 11.3 Å². The molecule has 0 aliphatic carbocycles. The Morgan fingerprint density at radius 1 is 1.58 bits per heavy atom. The topological polar surface area (TPSA) is 61.6 Å². The lowest BCUT2D eigenvalue weighted by Crippen LogP contribution is -2.17. The molecule has 0 radical (unpaired) electrons. The molecule has 0 saturated carbocycles. The zero-order chi connectivity index (χ0) is 9.14. The molecule has 4 nitrogen and oxygen atoms in total. The molecule has 0 unspecified atom stereocenters. The van der Waals surface area contributed by atoms with Crippen LogP contribution in [0.2, 0.25) is 0 Å². The van der Waals surface area contributed by atoms with E-state index in [1.54, 1.807) is 6.92 Å². The maximum Gasteiger partial charge on any atom is 0.269 e. The SMILES string of the molecule is Cc1[nH]n(CCC#N)c(=O)c1C. The minimum absolute atomic E-state index is 0.0252. The van der Waals surface area contributed by atoms with Crippen LogP contribution in [-0.4, -0.2) is 9.78 Å². The van der Waals surface area contributed by atoms with Crippen molar-refractivity contribution in [1.29, 1.82) is 5.26 Å². The second-order valence-corrected chi connectivity index (χ2v) is 2.73. The summed E-state index contributed by atoms with van der Waals surface area (Å²) in [4.78, 5) is 11.3. The summed E-state index contributed by atoms with van der Waals surface area (Å²) in [7, 11) is 0. The highest BCUT2D eigenvalue weighted by atomic mass is 16.1. The highest BCUT2D eigenvalue weighted by Gasteiger charge is 2.04. The van der Waals surface area contributed by atoms with Gasteiger partial charge in [-0.2, -0.15) is 5.26 Å². The molecule has 1 aromatic rings. The van der Waals surface area contributed by atoms with Gasteiger partial charge in [0.25, 0.3) is 5.56 Å². The van der Waals surface area contributed by atoms with Crippen molar-refractivity contribution in [3.05, 3.63) is 21.6 Å². The molecule has 4 heteroatoms. The summed E-state index contributed by atoms with van der Waals surface area (Å²) in [6, 6.07) is 1.99. The molecule has 0 aliphatic heterocycles. The van der Waals surface area contributed by atoms with Crippen LogP contribution in [0.25, 0.3) is 0 Å². The summed E-state index contributed by atoms with van der Waals surface area (Å²) in [5.41, 5.74) is 1.58. The van der Waals surface area contributed by atoms with Crippen molar-refractivity contribution in [2.24, 2.45) is 0 Å². The summed E-state index contributed by atoms with van der Waals surface area (Å²) >= 11 is 0. The first kappa shape index (κ1) is 8.60. The quantitative estimate of drug-likeness (QED) is 0.701. The lowest BCUT2D eigenvalue weighted by atomic mass is 10.3. The van der Waals surface area contributed by atoms with Crippen LogP contribution in [-0.2, 0) is 6.54 Å². The number of nitriles is 1. The molecule has 0 amide bonds. The maximum atomic E-state index is 11.3. The highest BCUT2D eigenvalue weighted by Crippen LogP contribution is 1.96. The predicted octanol–water partition coefficient (Wildman–Crippen LogP) is 0.707. The van der Waals surface area contributed by atoms with Crippen LogP contribution in [0.1, 0.15) is 17.7 Å². The van der Waals surface area contributed by atoms with Crippen molar-refractivity contribution < 1.29 is 0 Å². The Labute approximate surface area is 70.4 Å². The van der Waals surface area contributed by atoms with Crippen LogP contribution in [0, 0.1) is 25.2 Å². The van der Waals surface area contributed by atoms with E-state index in [1.165, 1.54) is 4.68 Å². The average Bonchev–Trinajstić information content (AvgIpc) is 2.30. The zero-order valence-electron chi connectivity index (χ0n) is 7.22. The normalized spacial score (nSPS) is 9.75. The lowest BCUT2D eigenvalue weighted by molar-refractivity contribution is 0.603. The number of hydrogen-bond acceptors (Lipinski definition) is 2. The van der Waals surface area contributed by atoms with Gasteiger partial charge in [0.2, 0.25) is 0 Å². The third-order valence-corrected chi connectivity index (χ3v) is 1.88. The Bertz CT molecular complexity index is 367. The Morgan fingerprint density at radius 3 is 2.67 bits per heavy atom. The van der Waals surface area contributed by atoms with Crippen molar-refractivity contribution in [1.82, 2.24) is 9.78 Å². The number of nitrogens with one attached hydrogen (secondary N) is 1. The largest absolute Gasteiger partial charge is 0.300 e. The zero-order valence-corrected chi connectivity index (χ0v) is 7.22. The second-order valence-electron chi connectivity index (χ2n) is 2.73. The molecule has 1 rings (SSSR count). The first-order valence-corrected chi connectivity index (χ1v) is 3.79. The number of rotatable bonds is 2. The fourth-order valence-corrected chi connectivity index (χ4v) is 1.02. The molecule has 0 bridgehead atoms. The van der Waals surface area contributed by atoms with E-state index in [1.807, 2.05) is 13.0 Å². The van der Waals surface area contributed by atoms with Crippen LogP contribution >= 0.6 is 0 Å². The molecule has 0 spiro atoms. The lowest BCUT2D eigenvalue weighted by Gasteiger charge is -1.94. The van der Waals surface area contributed by atoms with E-state index >= 15 is 0 Å². The molecule has 1 aromatic heterocycles. The monoisotopic (exact) mass is 165 g/mol. The Balaban J connectivity index is 2.96. The second kappa shape index (κ2) is 3.26. The van der Waals surface area contributed by atoms with E-state index in [0.29, 0.717) is 13.0 Å². The summed E-state index contributed by atoms with van der Waals surface area (Å²) in [6.45, 7) is 4.07. The van der Waals surface area contributed by atoms with Crippen molar-refractivity contribution >= 4 is 0 Å². The smallest absolute Gasteiger partial charge is 0.269 e. The van der Waals surface area contributed by atoms with E-state index in [2.05, 4.69) is 5.10 Å². The average molecular weight is 165 g/mol. The number of H-pyrrole nitrogens is 1. The van der Waals surface area contributed by atoms with Gasteiger partial charge in [0.1, 0.15) is 0 Å². The fourth-order valence-electron chi connectivity index (χ4n) is 1.02. The molecule has 1 heterocycles. The molecule has 0 aliphatic rings. The van der Waals surface area contributed by atoms with Crippen molar-refractivity contribution in [2.75, 3.05) is 0 Å². The number of nitrogens with zero attached hydrogens (tertiary/aromatic N) is 2. The third-order valence-electron chi connectivity index (χ3n) is 1.88. The first-order chi connectivity index (χ1) is 5.66. The standard InChI is InChI=1S/C8H11N3O/c1-6-7(2)10-11(8(6)12)5-3-4-9/h10H,3,5H2,1-2H3. The van der Waals surface area contributed by atoms with Gasteiger partial charge in [-0.05, 0) is 13.8 Å². The number of aryl methyl sites for hydroxylation is 2. The van der Waals surface area contributed by atoms with Crippen LogP contribution in [0.3, 0.4) is 0 Å². The van der Waals surface area contributed by atoms with E-state index in [9.17, 15) is 4.79 Å². The number of aromatic amines is 1. The minimum atomic E-state index is -0.0252. The summed E-state index contributed by atoms with van der Waals surface area (Å²) in [5, 5.41) is 11.2. The van der Waals surface area contributed by atoms with Crippen molar-refractivity contribution in [2.45, 2.75) is 26.8 Å². The molecule has 0 atom stereocenters. The van der Waals surface area contributed by atoms with Gasteiger partial charge in [-0.3, -0.25) is 14.6 Å². The van der Waals surface area contributed by atoms with Gasteiger partial charge in [-0.25, -0.2) is 0 Å². The van der Waals surface area contributed by atoms with Gasteiger partial charge in [-0.15, -0.1) is 0 Å². The Morgan fingerprint density at radius 2 is 2.25 bits per heavy atom. The predicted molar refractivity (Wildman–Crippen MR) is 44.8 cm³/mol. The molecule has 12 heavy (non-hydrogen) atoms. The molecule has 0 fully saturated rings. The molecule has 0 saturated heterocycles. The number of hydrogen-bond donors (Lipinski definition) is 1. The van der Waals surface area contributed by atoms with Crippen LogP contribution in [0.15, 0.2) is 4.79 Å². The van der Waals surface area contributed by atoms with Gasteiger partial charge >= 0.3 is 0 Å². The molecule has 64 valence electrons. The number of aromatic nitrogens is 2. The van der Waals surface area contributed by atoms with Crippen LogP contribution in [0.4, 0.5) is 0 Å². The molecule has 0 aromatic carbocycles. The van der Waals surface area contributed by atoms with Gasteiger partial charge < -0.3 is 0 Å². The van der Waals surface area contributed by atoms with Crippen LogP contribution < -0.4 is 5.56 Å². The van der Waals surface area contributed by atoms with E-state index < -0.39 is 0 Å². The van der Waals surface area contributed by atoms with Crippen molar-refractivity contribution in [3.8, 4) is 6.07 Å². The summed E-state index contributed by atoms with van der Waals surface area (Å²) in [5.74, 6) is 0. The first-order valence-electron chi connectivity index (χ1n) is 3.79. The van der Waals surface area contributed by atoms with Crippen LogP contribution in [0.5, 0.6) is 0 Å². The van der Waals surface area contributed by atoms with Gasteiger partial charge in [-0.1, -0.05) is 0 Å². The molecular weight excluding hydrogens is 154 g/mol. The van der Waals surface area contributed by atoms with E-state index in [4.69, 9.17) is 5.26 Å². The summed E-state index contributed by atoms with van der Waals surface area (Å²) < 4.78 is 1.47. The van der Waals surface area contributed by atoms with Crippen molar-refractivity contribution in [3.63, 3.8) is 0 Å². The Hall–Kier alpha value is -1.50. The minimum Gasteiger partial charge on any atom is -0.300 e. The molecular formula is C8H11N3O. The fraction of sp³-hybridized carbons (Fsp3) is 0.500. The van der Waals surface area contributed by atoms with Gasteiger partial charge in [0.05, 0.1) is 19.0 Å².